The molecule has 0 unspecified atom stereocenters. The van der Waals surface area contributed by atoms with Gasteiger partial charge in [0.25, 0.3) is 5.56 Å². The minimum absolute atomic E-state index is 0.110. The Kier molecular flexibility index (Phi) is 5.01. The van der Waals surface area contributed by atoms with Crippen molar-refractivity contribution in [1.82, 2.24) is 18.6 Å². The number of aromatic nitrogens is 2. The zero-order valence-corrected chi connectivity index (χ0v) is 16.5. The lowest BCUT2D eigenvalue weighted by Gasteiger charge is -2.33. The number of rotatable bonds is 4. The van der Waals surface area contributed by atoms with Gasteiger partial charge < -0.3 is 0 Å². The summed E-state index contributed by atoms with van der Waals surface area (Å²) in [4.78, 5) is 19.2. The SMILES string of the molecule is Cc1ccc(S(=O)(=O)N2CCN(Cc3cc(=O)n4ccccc4n3)CC2)cc1. The van der Waals surface area contributed by atoms with Crippen LogP contribution in [0.4, 0.5) is 0 Å². The molecule has 7 nitrogen and oxygen atoms in total. The van der Waals surface area contributed by atoms with Crippen LogP contribution in [0, 0.1) is 6.92 Å². The van der Waals surface area contributed by atoms with Crippen LogP contribution < -0.4 is 5.56 Å². The Labute approximate surface area is 163 Å². The van der Waals surface area contributed by atoms with Gasteiger partial charge in [-0.2, -0.15) is 4.31 Å². The summed E-state index contributed by atoms with van der Waals surface area (Å²) in [5.41, 5.74) is 2.24. The van der Waals surface area contributed by atoms with Crippen molar-refractivity contribution in [3.8, 4) is 0 Å². The lowest BCUT2D eigenvalue weighted by molar-refractivity contribution is 0.180. The number of nitrogens with zero attached hydrogens (tertiary/aromatic N) is 4. The van der Waals surface area contributed by atoms with E-state index in [9.17, 15) is 13.2 Å². The summed E-state index contributed by atoms with van der Waals surface area (Å²) < 4.78 is 28.6. The molecule has 0 aliphatic carbocycles. The third-order valence-corrected chi connectivity index (χ3v) is 6.91. The average Bonchev–Trinajstić information content (AvgIpc) is 2.69. The van der Waals surface area contributed by atoms with Crippen LogP contribution >= 0.6 is 0 Å². The van der Waals surface area contributed by atoms with Gasteiger partial charge in [-0.3, -0.25) is 14.1 Å². The van der Waals surface area contributed by atoms with E-state index >= 15 is 0 Å². The van der Waals surface area contributed by atoms with Crippen molar-refractivity contribution < 1.29 is 8.42 Å². The summed E-state index contributed by atoms with van der Waals surface area (Å²) in [6.07, 6.45) is 1.70. The average molecular weight is 398 g/mol. The van der Waals surface area contributed by atoms with E-state index in [1.54, 1.807) is 36.5 Å². The van der Waals surface area contributed by atoms with Crippen molar-refractivity contribution >= 4 is 15.7 Å². The first-order valence-corrected chi connectivity index (χ1v) is 10.6. The number of hydrogen-bond donors (Lipinski definition) is 0. The zero-order valence-electron chi connectivity index (χ0n) is 15.7. The normalized spacial score (nSPS) is 16.5. The van der Waals surface area contributed by atoms with Crippen LogP contribution in [0.5, 0.6) is 0 Å². The number of benzene rings is 1. The number of piperazine rings is 1. The molecule has 28 heavy (non-hydrogen) atoms. The molecule has 0 radical (unpaired) electrons. The Morgan fingerprint density at radius 1 is 1.00 bits per heavy atom. The van der Waals surface area contributed by atoms with E-state index in [2.05, 4.69) is 9.88 Å². The molecule has 1 fully saturated rings. The first-order chi connectivity index (χ1) is 13.4. The van der Waals surface area contributed by atoms with Crippen LogP contribution in [0.25, 0.3) is 5.65 Å². The van der Waals surface area contributed by atoms with Crippen molar-refractivity contribution in [3.05, 3.63) is 76.3 Å². The second-order valence-corrected chi connectivity index (χ2v) is 8.95. The van der Waals surface area contributed by atoms with Crippen molar-refractivity contribution in [2.24, 2.45) is 0 Å². The van der Waals surface area contributed by atoms with Gasteiger partial charge in [0.05, 0.1) is 10.6 Å². The van der Waals surface area contributed by atoms with Gasteiger partial charge in [-0.25, -0.2) is 13.4 Å². The van der Waals surface area contributed by atoms with Gasteiger partial charge in [0, 0.05) is 45.0 Å². The molecule has 0 atom stereocenters. The third kappa shape index (κ3) is 3.71. The van der Waals surface area contributed by atoms with Crippen molar-refractivity contribution in [3.63, 3.8) is 0 Å². The highest BCUT2D eigenvalue weighted by Gasteiger charge is 2.28. The van der Waals surface area contributed by atoms with Crippen LogP contribution in [-0.4, -0.2) is 53.2 Å². The Balaban J connectivity index is 1.44. The van der Waals surface area contributed by atoms with Crippen molar-refractivity contribution in [2.45, 2.75) is 18.4 Å². The second kappa shape index (κ2) is 7.46. The molecule has 0 N–H and O–H groups in total. The smallest absolute Gasteiger partial charge is 0.258 e. The molecule has 0 saturated carbocycles. The highest BCUT2D eigenvalue weighted by Crippen LogP contribution is 2.18. The maximum Gasteiger partial charge on any atom is 0.258 e. The van der Waals surface area contributed by atoms with Gasteiger partial charge in [0.15, 0.2) is 0 Å². The number of hydrogen-bond acceptors (Lipinski definition) is 5. The number of aryl methyl sites for hydroxylation is 1. The van der Waals surface area contributed by atoms with E-state index in [0.29, 0.717) is 49.0 Å². The van der Waals surface area contributed by atoms with Crippen LogP contribution in [0.2, 0.25) is 0 Å². The molecule has 0 amide bonds. The summed E-state index contributed by atoms with van der Waals surface area (Å²) in [5, 5.41) is 0. The van der Waals surface area contributed by atoms with Crippen molar-refractivity contribution in [2.75, 3.05) is 26.2 Å². The van der Waals surface area contributed by atoms with Crippen LogP contribution in [0.15, 0.2) is 64.4 Å². The van der Waals surface area contributed by atoms with Gasteiger partial charge in [-0.1, -0.05) is 23.8 Å². The Morgan fingerprint density at radius 2 is 1.71 bits per heavy atom. The predicted octanol–water partition coefficient (Wildman–Crippen LogP) is 1.51. The standard InChI is InChI=1S/C20H22N4O3S/c1-16-5-7-18(8-6-16)28(26,27)23-12-10-22(11-13-23)15-17-14-20(25)24-9-3-2-4-19(24)21-17/h2-9,14H,10-13,15H2,1H3. The van der Waals surface area contributed by atoms with Gasteiger partial charge in [0.1, 0.15) is 5.65 Å². The molecule has 1 aromatic carbocycles. The molecule has 2 aromatic heterocycles. The Morgan fingerprint density at radius 3 is 2.43 bits per heavy atom. The molecule has 1 aliphatic rings. The molecule has 1 saturated heterocycles. The summed E-state index contributed by atoms with van der Waals surface area (Å²) in [6, 6.07) is 13.9. The zero-order chi connectivity index (χ0) is 19.7. The molecule has 3 heterocycles. The highest BCUT2D eigenvalue weighted by molar-refractivity contribution is 7.89. The minimum Gasteiger partial charge on any atom is -0.295 e. The fourth-order valence-corrected chi connectivity index (χ4v) is 4.82. The molecule has 0 spiro atoms. The Bertz CT molecular complexity index is 1150. The first kappa shape index (κ1) is 18.8. The number of sulfonamides is 1. The second-order valence-electron chi connectivity index (χ2n) is 7.01. The fourth-order valence-electron chi connectivity index (χ4n) is 3.40. The number of fused-ring (bicyclic) bond motifs is 1. The van der Waals surface area contributed by atoms with E-state index < -0.39 is 10.0 Å². The fraction of sp³-hybridized carbons (Fsp3) is 0.300. The van der Waals surface area contributed by atoms with E-state index in [1.807, 2.05) is 25.1 Å². The van der Waals surface area contributed by atoms with Crippen LogP contribution in [0.3, 0.4) is 0 Å². The minimum atomic E-state index is -3.47. The van der Waals surface area contributed by atoms with Gasteiger partial charge in [0.2, 0.25) is 10.0 Å². The van der Waals surface area contributed by atoms with Crippen LogP contribution in [-0.2, 0) is 16.6 Å². The van der Waals surface area contributed by atoms with Gasteiger partial charge >= 0.3 is 0 Å². The van der Waals surface area contributed by atoms with E-state index in [4.69, 9.17) is 0 Å². The third-order valence-electron chi connectivity index (χ3n) is 5.00. The molecule has 0 bridgehead atoms. The summed E-state index contributed by atoms with van der Waals surface area (Å²) in [7, 11) is -3.47. The van der Waals surface area contributed by atoms with E-state index in [1.165, 1.54) is 8.71 Å². The molecular formula is C20H22N4O3S. The topological polar surface area (TPSA) is 75.0 Å². The van der Waals surface area contributed by atoms with Gasteiger partial charge in [-0.05, 0) is 31.2 Å². The van der Waals surface area contributed by atoms with Crippen LogP contribution in [0.1, 0.15) is 11.3 Å². The highest BCUT2D eigenvalue weighted by atomic mass is 32.2. The lowest BCUT2D eigenvalue weighted by atomic mass is 10.2. The van der Waals surface area contributed by atoms with Gasteiger partial charge in [-0.15, -0.1) is 0 Å². The molecular weight excluding hydrogens is 376 g/mol. The predicted molar refractivity (Wildman–Crippen MR) is 107 cm³/mol. The van der Waals surface area contributed by atoms with E-state index in [0.717, 1.165) is 5.56 Å². The summed E-state index contributed by atoms with van der Waals surface area (Å²) in [5.74, 6) is 0. The molecule has 1 aliphatic heterocycles. The largest absolute Gasteiger partial charge is 0.295 e. The summed E-state index contributed by atoms with van der Waals surface area (Å²) >= 11 is 0. The molecule has 146 valence electrons. The molecule has 3 aromatic rings. The maximum atomic E-state index is 12.8. The Hall–Kier alpha value is -2.55. The van der Waals surface area contributed by atoms with Crippen molar-refractivity contribution in [1.29, 1.82) is 0 Å². The monoisotopic (exact) mass is 398 g/mol. The number of pyridine rings is 1. The van der Waals surface area contributed by atoms with E-state index in [-0.39, 0.29) is 5.56 Å². The first-order valence-electron chi connectivity index (χ1n) is 9.20. The maximum absolute atomic E-state index is 12.8. The quantitative estimate of drug-likeness (QED) is 0.666. The molecule has 8 heteroatoms. The molecule has 4 rings (SSSR count). The lowest BCUT2D eigenvalue weighted by Crippen LogP contribution is -2.48. The summed E-state index contributed by atoms with van der Waals surface area (Å²) in [6.45, 7) is 4.49.